The summed E-state index contributed by atoms with van der Waals surface area (Å²) >= 11 is 6.08. The standard InChI is InChI=1S/C17H15ClN2/c18-15(11-13-19-16-7-3-1-4-8-16)12-14-20-17-9-5-2-6-10-17/h1-14,19H/p+1/b13-11+,15-12-,20-14?. The first-order chi connectivity index (χ1) is 9.84. The van der Waals surface area contributed by atoms with Crippen molar-refractivity contribution in [1.29, 1.82) is 0 Å². The van der Waals surface area contributed by atoms with E-state index < -0.39 is 0 Å². The third kappa shape index (κ3) is 5.12. The van der Waals surface area contributed by atoms with Gasteiger partial charge in [-0.25, -0.2) is 4.99 Å². The third-order valence-electron chi connectivity index (χ3n) is 2.53. The van der Waals surface area contributed by atoms with E-state index in [1.807, 2.05) is 73.1 Å². The van der Waals surface area contributed by atoms with Crippen LogP contribution in [-0.4, -0.2) is 6.21 Å². The van der Waals surface area contributed by atoms with Crippen molar-refractivity contribution in [3.63, 3.8) is 0 Å². The SMILES string of the molecule is ClC(=C\C=[NH+]c1ccccc1)/C=C/Nc1ccccc1. The van der Waals surface area contributed by atoms with E-state index in [1.54, 1.807) is 12.2 Å². The smallest absolute Gasteiger partial charge is 0.203 e. The van der Waals surface area contributed by atoms with Crippen molar-refractivity contribution in [2.24, 2.45) is 0 Å². The largest absolute Gasteiger partial charge is 0.362 e. The Morgan fingerprint density at radius 1 is 0.950 bits per heavy atom. The Morgan fingerprint density at radius 3 is 2.30 bits per heavy atom. The van der Waals surface area contributed by atoms with Gasteiger partial charge in [-0.15, -0.1) is 0 Å². The Bertz CT molecular complexity index is 601. The second-order valence-corrected chi connectivity index (χ2v) is 4.51. The fraction of sp³-hybridized carbons (Fsp3) is 0. The Hall–Kier alpha value is -2.32. The Balaban J connectivity index is 1.86. The maximum Gasteiger partial charge on any atom is 0.203 e. The van der Waals surface area contributed by atoms with Crippen molar-refractivity contribution >= 4 is 29.2 Å². The molecule has 2 aromatic rings. The van der Waals surface area contributed by atoms with Gasteiger partial charge in [0.05, 0.1) is 0 Å². The monoisotopic (exact) mass is 283 g/mol. The van der Waals surface area contributed by atoms with Crippen molar-refractivity contribution < 1.29 is 4.99 Å². The third-order valence-corrected chi connectivity index (χ3v) is 2.78. The summed E-state index contributed by atoms with van der Waals surface area (Å²) in [5.74, 6) is 0. The quantitative estimate of drug-likeness (QED) is 0.639. The van der Waals surface area contributed by atoms with Crippen molar-refractivity contribution in [2.45, 2.75) is 0 Å². The van der Waals surface area contributed by atoms with Gasteiger partial charge in [-0.2, -0.15) is 0 Å². The molecule has 0 aliphatic rings. The summed E-state index contributed by atoms with van der Waals surface area (Å²) in [7, 11) is 0. The number of nitrogens with one attached hydrogen (secondary N) is 2. The van der Waals surface area contributed by atoms with Crippen LogP contribution in [0.15, 0.2) is 84.0 Å². The molecule has 0 bridgehead atoms. The Kier molecular flexibility index (Phi) is 5.62. The lowest BCUT2D eigenvalue weighted by Crippen LogP contribution is -2.60. The van der Waals surface area contributed by atoms with Crippen LogP contribution in [0.4, 0.5) is 11.4 Å². The molecule has 0 aromatic heterocycles. The summed E-state index contributed by atoms with van der Waals surface area (Å²) in [5.41, 5.74) is 2.05. The van der Waals surface area contributed by atoms with Crippen LogP contribution in [0.1, 0.15) is 0 Å². The molecule has 2 aromatic carbocycles. The highest BCUT2D eigenvalue weighted by atomic mass is 35.5. The van der Waals surface area contributed by atoms with E-state index in [2.05, 4.69) is 10.3 Å². The molecule has 0 atom stereocenters. The fourth-order valence-electron chi connectivity index (χ4n) is 1.56. The molecule has 0 aliphatic heterocycles. The second kappa shape index (κ2) is 7.97. The highest BCUT2D eigenvalue weighted by Crippen LogP contribution is 2.06. The zero-order valence-corrected chi connectivity index (χ0v) is 11.7. The van der Waals surface area contributed by atoms with Gasteiger partial charge in [-0.05, 0) is 18.2 Å². The van der Waals surface area contributed by atoms with Crippen LogP contribution in [0, 0.1) is 0 Å². The first-order valence-electron chi connectivity index (χ1n) is 6.33. The minimum absolute atomic E-state index is 0.636. The molecule has 0 heterocycles. The molecule has 2 N–H and O–H groups in total. The Morgan fingerprint density at radius 2 is 1.60 bits per heavy atom. The average Bonchev–Trinajstić information content (AvgIpc) is 2.49. The molecule has 0 spiro atoms. The van der Waals surface area contributed by atoms with Crippen LogP contribution < -0.4 is 10.3 Å². The van der Waals surface area contributed by atoms with Gasteiger partial charge in [-0.1, -0.05) is 48.0 Å². The van der Waals surface area contributed by atoms with E-state index in [0.717, 1.165) is 11.4 Å². The number of para-hydroxylation sites is 2. The minimum Gasteiger partial charge on any atom is -0.362 e. The molecule has 0 amide bonds. The average molecular weight is 284 g/mol. The molecule has 2 rings (SSSR count). The van der Waals surface area contributed by atoms with Crippen LogP contribution in [-0.2, 0) is 0 Å². The van der Waals surface area contributed by atoms with Crippen molar-refractivity contribution in [1.82, 2.24) is 0 Å². The first-order valence-corrected chi connectivity index (χ1v) is 6.71. The van der Waals surface area contributed by atoms with E-state index in [-0.39, 0.29) is 0 Å². The Labute approximate surface area is 124 Å². The van der Waals surface area contributed by atoms with Gasteiger partial charge in [0.25, 0.3) is 0 Å². The molecule has 0 saturated heterocycles. The van der Waals surface area contributed by atoms with Gasteiger partial charge in [-0.3, -0.25) is 0 Å². The maximum absolute atomic E-state index is 6.08. The van der Waals surface area contributed by atoms with Gasteiger partial charge in [0.1, 0.15) is 0 Å². The lowest BCUT2D eigenvalue weighted by molar-refractivity contribution is -0.346. The van der Waals surface area contributed by atoms with Crippen molar-refractivity contribution in [3.8, 4) is 0 Å². The van der Waals surface area contributed by atoms with E-state index in [0.29, 0.717) is 5.03 Å². The maximum atomic E-state index is 6.08. The van der Waals surface area contributed by atoms with Gasteiger partial charge in [0.15, 0.2) is 6.21 Å². The lowest BCUT2D eigenvalue weighted by Gasteiger charge is -1.97. The van der Waals surface area contributed by atoms with Crippen molar-refractivity contribution in [3.05, 3.63) is 84.0 Å². The molecule has 0 fully saturated rings. The summed E-state index contributed by atoms with van der Waals surface area (Å²) in [4.78, 5) is 3.14. The number of rotatable bonds is 5. The molecule has 0 radical (unpaired) electrons. The molecule has 0 aliphatic carbocycles. The van der Waals surface area contributed by atoms with E-state index in [9.17, 15) is 0 Å². The van der Waals surface area contributed by atoms with E-state index in [1.165, 1.54) is 0 Å². The number of allylic oxidation sites excluding steroid dienone is 3. The zero-order chi connectivity index (χ0) is 14.0. The van der Waals surface area contributed by atoms with Crippen LogP contribution in [0.3, 0.4) is 0 Å². The number of hydrogen-bond acceptors (Lipinski definition) is 1. The zero-order valence-electron chi connectivity index (χ0n) is 11.0. The summed E-state index contributed by atoms with van der Waals surface area (Å²) < 4.78 is 0. The molecule has 0 unspecified atom stereocenters. The molecule has 0 saturated carbocycles. The second-order valence-electron chi connectivity index (χ2n) is 4.07. The predicted molar refractivity (Wildman–Crippen MR) is 86.3 cm³/mol. The number of benzene rings is 2. The van der Waals surface area contributed by atoms with Crippen molar-refractivity contribution in [2.75, 3.05) is 5.32 Å². The first kappa shape index (κ1) is 14.1. The van der Waals surface area contributed by atoms with Gasteiger partial charge in [0.2, 0.25) is 5.69 Å². The molecule has 20 heavy (non-hydrogen) atoms. The summed E-state index contributed by atoms with van der Waals surface area (Å²) in [6, 6.07) is 19.8. The van der Waals surface area contributed by atoms with Crippen LogP contribution in [0.5, 0.6) is 0 Å². The van der Waals surface area contributed by atoms with Crippen LogP contribution >= 0.6 is 11.6 Å². The fourth-order valence-corrected chi connectivity index (χ4v) is 1.69. The minimum atomic E-state index is 0.636. The normalized spacial score (nSPS) is 12.2. The number of hydrogen-bond donors (Lipinski definition) is 2. The lowest BCUT2D eigenvalue weighted by atomic mass is 10.3. The highest BCUT2D eigenvalue weighted by Gasteiger charge is 1.90. The van der Waals surface area contributed by atoms with Gasteiger partial charge >= 0.3 is 0 Å². The summed E-state index contributed by atoms with van der Waals surface area (Å²) in [6.45, 7) is 0. The topological polar surface area (TPSA) is 26.0 Å². The summed E-state index contributed by atoms with van der Waals surface area (Å²) in [6.07, 6.45) is 7.23. The number of halogens is 1. The predicted octanol–water partition coefficient (Wildman–Crippen LogP) is 3.22. The van der Waals surface area contributed by atoms with E-state index in [4.69, 9.17) is 11.6 Å². The van der Waals surface area contributed by atoms with Gasteiger partial charge in [0, 0.05) is 35.1 Å². The van der Waals surface area contributed by atoms with Crippen LogP contribution in [0.2, 0.25) is 0 Å². The van der Waals surface area contributed by atoms with Crippen LogP contribution in [0.25, 0.3) is 0 Å². The number of anilines is 1. The molecular weight excluding hydrogens is 268 g/mol. The molecule has 3 heteroatoms. The van der Waals surface area contributed by atoms with Gasteiger partial charge < -0.3 is 5.32 Å². The highest BCUT2D eigenvalue weighted by molar-refractivity contribution is 6.32. The molecular formula is C17H16ClN2+. The molecule has 100 valence electrons. The molecule has 2 nitrogen and oxygen atoms in total. The van der Waals surface area contributed by atoms with E-state index >= 15 is 0 Å². The summed E-state index contributed by atoms with van der Waals surface area (Å²) in [5, 5.41) is 3.78.